The highest BCUT2D eigenvalue weighted by atomic mass is 16.5. The molecule has 1 N–H and O–H groups in total. The van der Waals surface area contributed by atoms with Gasteiger partial charge in [0.1, 0.15) is 0 Å². The van der Waals surface area contributed by atoms with Gasteiger partial charge in [0.15, 0.2) is 0 Å². The molecule has 3 heteroatoms. The lowest BCUT2D eigenvalue weighted by Crippen LogP contribution is -2.24. The third-order valence-corrected chi connectivity index (χ3v) is 2.94. The summed E-state index contributed by atoms with van der Waals surface area (Å²) in [6.45, 7) is 8.24. The number of hydrogen-bond donors (Lipinski definition) is 1. The molecular formula is C16H27NO2. The maximum atomic E-state index is 5.92. The van der Waals surface area contributed by atoms with E-state index in [0.717, 1.165) is 26.1 Å². The Morgan fingerprint density at radius 1 is 1.05 bits per heavy atom. The monoisotopic (exact) mass is 265 g/mol. The summed E-state index contributed by atoms with van der Waals surface area (Å²) in [5.74, 6) is 0. The van der Waals surface area contributed by atoms with Crippen LogP contribution in [0.25, 0.3) is 0 Å². The van der Waals surface area contributed by atoms with Gasteiger partial charge in [-0.25, -0.2) is 0 Å². The molecule has 1 unspecified atom stereocenters. The summed E-state index contributed by atoms with van der Waals surface area (Å²) in [5.41, 5.74) is 1.22. The van der Waals surface area contributed by atoms with Crippen molar-refractivity contribution < 1.29 is 9.47 Å². The fraction of sp³-hybridized carbons (Fsp3) is 0.625. The Bertz CT molecular complexity index is 303. The first-order chi connectivity index (χ1) is 9.38. The van der Waals surface area contributed by atoms with Gasteiger partial charge in [-0.2, -0.15) is 0 Å². The highest BCUT2D eigenvalue weighted by molar-refractivity contribution is 5.17. The van der Waals surface area contributed by atoms with Gasteiger partial charge < -0.3 is 14.8 Å². The van der Waals surface area contributed by atoms with Crippen LogP contribution in [-0.4, -0.2) is 32.9 Å². The first-order valence-electron chi connectivity index (χ1n) is 7.33. The minimum Gasteiger partial charge on any atom is -0.379 e. The van der Waals surface area contributed by atoms with Crippen LogP contribution < -0.4 is 5.32 Å². The van der Waals surface area contributed by atoms with Crippen LogP contribution in [0.2, 0.25) is 0 Å². The predicted molar refractivity (Wildman–Crippen MR) is 79.4 cm³/mol. The zero-order valence-electron chi connectivity index (χ0n) is 12.2. The average molecular weight is 265 g/mol. The van der Waals surface area contributed by atoms with Crippen LogP contribution in [0.3, 0.4) is 0 Å². The standard InChI is InChI=1S/C16H27NO2/c1-3-5-11-18-12-13-19-16(14-17-4-2)15-9-7-6-8-10-15/h6-10,16-17H,3-5,11-14H2,1-2H3. The number of unbranched alkanes of at least 4 members (excludes halogenated alkanes) is 1. The summed E-state index contributed by atoms with van der Waals surface area (Å²) in [7, 11) is 0. The smallest absolute Gasteiger partial charge is 0.0950 e. The van der Waals surface area contributed by atoms with Crippen molar-refractivity contribution in [2.24, 2.45) is 0 Å². The number of nitrogens with one attached hydrogen (secondary N) is 1. The SMILES string of the molecule is CCCCOCCOC(CNCC)c1ccccc1. The lowest BCUT2D eigenvalue weighted by atomic mass is 10.1. The third kappa shape index (κ3) is 7.31. The molecule has 108 valence electrons. The van der Waals surface area contributed by atoms with Gasteiger partial charge in [-0.15, -0.1) is 0 Å². The number of benzene rings is 1. The average Bonchev–Trinajstić information content (AvgIpc) is 2.46. The van der Waals surface area contributed by atoms with E-state index in [4.69, 9.17) is 9.47 Å². The number of likely N-dealkylation sites (N-methyl/N-ethyl adjacent to an activating group) is 1. The molecule has 0 heterocycles. The normalized spacial score (nSPS) is 12.5. The van der Waals surface area contributed by atoms with Crippen LogP contribution in [-0.2, 0) is 9.47 Å². The van der Waals surface area contributed by atoms with Crippen molar-refractivity contribution in [3.63, 3.8) is 0 Å². The maximum Gasteiger partial charge on any atom is 0.0950 e. The second kappa shape index (κ2) is 11.0. The lowest BCUT2D eigenvalue weighted by Gasteiger charge is -2.18. The van der Waals surface area contributed by atoms with Gasteiger partial charge in [0.05, 0.1) is 19.3 Å². The molecule has 0 aromatic heterocycles. The molecule has 19 heavy (non-hydrogen) atoms. The molecule has 0 aliphatic rings. The number of hydrogen-bond acceptors (Lipinski definition) is 3. The molecule has 1 aromatic carbocycles. The molecule has 0 aliphatic carbocycles. The van der Waals surface area contributed by atoms with Crippen LogP contribution in [0.4, 0.5) is 0 Å². The second-order valence-electron chi connectivity index (χ2n) is 4.54. The highest BCUT2D eigenvalue weighted by Crippen LogP contribution is 2.15. The molecule has 0 spiro atoms. The molecule has 1 aromatic rings. The quantitative estimate of drug-likeness (QED) is 0.623. The molecule has 1 rings (SSSR count). The summed E-state index contributed by atoms with van der Waals surface area (Å²) in [4.78, 5) is 0. The molecular weight excluding hydrogens is 238 g/mol. The number of rotatable bonds is 11. The van der Waals surface area contributed by atoms with E-state index in [1.165, 1.54) is 12.0 Å². The summed E-state index contributed by atoms with van der Waals surface area (Å²) in [5, 5.41) is 3.34. The Kier molecular flexibility index (Phi) is 9.33. The largest absolute Gasteiger partial charge is 0.379 e. The molecule has 0 bridgehead atoms. The van der Waals surface area contributed by atoms with E-state index in [-0.39, 0.29) is 6.10 Å². The van der Waals surface area contributed by atoms with Crippen molar-refractivity contribution in [1.82, 2.24) is 5.32 Å². The summed E-state index contributed by atoms with van der Waals surface area (Å²) in [6, 6.07) is 10.4. The predicted octanol–water partition coefficient (Wildman–Crippen LogP) is 3.17. The Morgan fingerprint density at radius 3 is 2.53 bits per heavy atom. The fourth-order valence-electron chi connectivity index (χ4n) is 1.81. The third-order valence-electron chi connectivity index (χ3n) is 2.94. The van der Waals surface area contributed by atoms with Crippen LogP contribution in [0, 0.1) is 0 Å². The van der Waals surface area contributed by atoms with Gasteiger partial charge in [-0.05, 0) is 18.5 Å². The van der Waals surface area contributed by atoms with Crippen LogP contribution in [0.5, 0.6) is 0 Å². The minimum absolute atomic E-state index is 0.107. The van der Waals surface area contributed by atoms with E-state index in [1.54, 1.807) is 0 Å². The van der Waals surface area contributed by atoms with E-state index in [9.17, 15) is 0 Å². The van der Waals surface area contributed by atoms with Crippen LogP contribution in [0.1, 0.15) is 38.4 Å². The maximum absolute atomic E-state index is 5.92. The second-order valence-corrected chi connectivity index (χ2v) is 4.54. The van der Waals surface area contributed by atoms with Crippen molar-refractivity contribution in [2.45, 2.75) is 32.8 Å². The van der Waals surface area contributed by atoms with Crippen molar-refractivity contribution >= 4 is 0 Å². The van der Waals surface area contributed by atoms with E-state index in [1.807, 2.05) is 6.07 Å². The molecule has 0 amide bonds. The van der Waals surface area contributed by atoms with Gasteiger partial charge >= 0.3 is 0 Å². The molecule has 3 nitrogen and oxygen atoms in total. The molecule has 0 fully saturated rings. The van der Waals surface area contributed by atoms with Crippen molar-refractivity contribution in [2.75, 3.05) is 32.9 Å². The van der Waals surface area contributed by atoms with E-state index < -0.39 is 0 Å². The van der Waals surface area contributed by atoms with Gasteiger partial charge in [-0.3, -0.25) is 0 Å². The van der Waals surface area contributed by atoms with Crippen LogP contribution >= 0.6 is 0 Å². The Labute approximate surface area is 117 Å². The number of ether oxygens (including phenoxy) is 2. The molecule has 0 saturated carbocycles. The zero-order chi connectivity index (χ0) is 13.8. The summed E-state index contributed by atoms with van der Waals surface area (Å²) in [6.07, 6.45) is 2.41. The topological polar surface area (TPSA) is 30.5 Å². The zero-order valence-corrected chi connectivity index (χ0v) is 12.2. The molecule has 0 radical (unpaired) electrons. The highest BCUT2D eigenvalue weighted by Gasteiger charge is 2.10. The van der Waals surface area contributed by atoms with Crippen LogP contribution in [0.15, 0.2) is 30.3 Å². The summed E-state index contributed by atoms with van der Waals surface area (Å²) >= 11 is 0. The van der Waals surface area contributed by atoms with Crippen molar-refractivity contribution in [3.05, 3.63) is 35.9 Å². The lowest BCUT2D eigenvalue weighted by molar-refractivity contribution is 0.00379. The summed E-state index contributed by atoms with van der Waals surface area (Å²) < 4.78 is 11.4. The van der Waals surface area contributed by atoms with Gasteiger partial charge in [0.2, 0.25) is 0 Å². The van der Waals surface area contributed by atoms with Crippen molar-refractivity contribution in [3.8, 4) is 0 Å². The van der Waals surface area contributed by atoms with E-state index >= 15 is 0 Å². The van der Waals surface area contributed by atoms with E-state index in [0.29, 0.717) is 13.2 Å². The van der Waals surface area contributed by atoms with Gasteiger partial charge in [0.25, 0.3) is 0 Å². The van der Waals surface area contributed by atoms with Gasteiger partial charge in [-0.1, -0.05) is 50.6 Å². The Balaban J connectivity index is 2.30. The molecule has 1 atom stereocenters. The Hall–Kier alpha value is -0.900. The van der Waals surface area contributed by atoms with E-state index in [2.05, 4.69) is 43.4 Å². The van der Waals surface area contributed by atoms with Crippen molar-refractivity contribution in [1.29, 1.82) is 0 Å². The first-order valence-corrected chi connectivity index (χ1v) is 7.33. The van der Waals surface area contributed by atoms with Gasteiger partial charge in [0, 0.05) is 13.2 Å². The first kappa shape index (κ1) is 16.2. The molecule has 0 saturated heterocycles. The molecule has 0 aliphatic heterocycles. The Morgan fingerprint density at radius 2 is 1.84 bits per heavy atom. The fourth-order valence-corrected chi connectivity index (χ4v) is 1.81. The minimum atomic E-state index is 0.107.